The third kappa shape index (κ3) is 4.29. The lowest BCUT2D eigenvalue weighted by molar-refractivity contribution is 0.247. The summed E-state index contributed by atoms with van der Waals surface area (Å²) in [6, 6.07) is 0.459. The number of hydrogen-bond donors (Lipinski definition) is 2. The first-order valence-corrected chi connectivity index (χ1v) is 4.69. The van der Waals surface area contributed by atoms with Gasteiger partial charge >= 0.3 is 0 Å². The van der Waals surface area contributed by atoms with Crippen molar-refractivity contribution in [2.24, 2.45) is 11.7 Å². The minimum atomic E-state index is 0. The Kier molecular flexibility index (Phi) is 6.81. The molecule has 0 radical (unpaired) electrons. The number of rotatable bonds is 3. The minimum Gasteiger partial charge on any atom is -0.396 e. The van der Waals surface area contributed by atoms with E-state index in [4.69, 9.17) is 10.8 Å². The summed E-state index contributed by atoms with van der Waals surface area (Å²) in [7, 11) is 0. The Bertz CT molecular complexity index is 99.9. The smallest absolute Gasteiger partial charge is 0.0431 e. The average molecular weight is 194 g/mol. The van der Waals surface area contributed by atoms with Gasteiger partial charge in [0.15, 0.2) is 0 Å². The van der Waals surface area contributed by atoms with Gasteiger partial charge in [-0.2, -0.15) is 0 Å². The zero-order valence-corrected chi connectivity index (χ0v) is 8.35. The van der Waals surface area contributed by atoms with Gasteiger partial charge in [0.05, 0.1) is 0 Å². The van der Waals surface area contributed by atoms with Crippen molar-refractivity contribution in [1.29, 1.82) is 0 Å². The summed E-state index contributed by atoms with van der Waals surface area (Å²) < 4.78 is 0. The molecule has 1 saturated carbocycles. The fourth-order valence-corrected chi connectivity index (χ4v) is 1.86. The van der Waals surface area contributed by atoms with Crippen LogP contribution in [0.2, 0.25) is 0 Å². The molecule has 1 rings (SSSR count). The maximum absolute atomic E-state index is 8.62. The van der Waals surface area contributed by atoms with Crippen molar-refractivity contribution >= 4 is 12.4 Å². The molecule has 12 heavy (non-hydrogen) atoms. The molecule has 3 N–H and O–H groups in total. The van der Waals surface area contributed by atoms with Gasteiger partial charge in [0.25, 0.3) is 0 Å². The average Bonchev–Trinajstić information content (AvgIpc) is 2.04. The van der Waals surface area contributed by atoms with Gasteiger partial charge in [0, 0.05) is 12.6 Å². The van der Waals surface area contributed by atoms with Crippen LogP contribution in [0.5, 0.6) is 0 Å². The monoisotopic (exact) mass is 193 g/mol. The fraction of sp³-hybridized carbons (Fsp3) is 1.00. The number of halogens is 1. The summed E-state index contributed by atoms with van der Waals surface area (Å²) >= 11 is 0. The van der Waals surface area contributed by atoms with Crippen molar-refractivity contribution in [2.75, 3.05) is 6.61 Å². The van der Waals surface area contributed by atoms with Crippen LogP contribution in [0.25, 0.3) is 0 Å². The van der Waals surface area contributed by atoms with E-state index >= 15 is 0 Å². The van der Waals surface area contributed by atoms with E-state index in [2.05, 4.69) is 0 Å². The number of hydrogen-bond acceptors (Lipinski definition) is 2. The van der Waals surface area contributed by atoms with Gasteiger partial charge in [-0.1, -0.05) is 0 Å². The second-order valence-corrected chi connectivity index (χ2v) is 3.65. The van der Waals surface area contributed by atoms with E-state index in [1.54, 1.807) is 0 Å². The molecule has 0 aliphatic heterocycles. The SMILES string of the molecule is Cl.N[C@H]1CC[C@H](CCCO)CC1. The molecule has 2 nitrogen and oxygen atoms in total. The Labute approximate surface area is 80.9 Å². The Morgan fingerprint density at radius 2 is 1.75 bits per heavy atom. The molecule has 0 atom stereocenters. The van der Waals surface area contributed by atoms with E-state index in [-0.39, 0.29) is 12.4 Å². The van der Waals surface area contributed by atoms with Crippen LogP contribution in [0.4, 0.5) is 0 Å². The molecule has 1 fully saturated rings. The van der Waals surface area contributed by atoms with Crippen molar-refractivity contribution in [1.82, 2.24) is 0 Å². The van der Waals surface area contributed by atoms with E-state index in [9.17, 15) is 0 Å². The van der Waals surface area contributed by atoms with E-state index in [1.165, 1.54) is 32.1 Å². The molecule has 0 unspecified atom stereocenters. The number of aliphatic hydroxyl groups is 1. The van der Waals surface area contributed by atoms with Gasteiger partial charge in [-0.25, -0.2) is 0 Å². The van der Waals surface area contributed by atoms with Crippen LogP contribution in [-0.2, 0) is 0 Å². The number of nitrogens with two attached hydrogens (primary N) is 1. The van der Waals surface area contributed by atoms with Crippen molar-refractivity contribution in [3.63, 3.8) is 0 Å². The van der Waals surface area contributed by atoms with Gasteiger partial charge in [-0.3, -0.25) is 0 Å². The van der Waals surface area contributed by atoms with E-state index < -0.39 is 0 Å². The lowest BCUT2D eigenvalue weighted by Crippen LogP contribution is -2.26. The van der Waals surface area contributed by atoms with Gasteiger partial charge in [0.1, 0.15) is 0 Å². The third-order valence-electron chi connectivity index (χ3n) is 2.66. The molecule has 0 aromatic heterocycles. The quantitative estimate of drug-likeness (QED) is 0.717. The molecule has 0 aromatic carbocycles. The van der Waals surface area contributed by atoms with E-state index in [0.717, 1.165) is 12.3 Å². The van der Waals surface area contributed by atoms with Crippen LogP contribution >= 0.6 is 12.4 Å². The van der Waals surface area contributed by atoms with Gasteiger partial charge in [-0.15, -0.1) is 12.4 Å². The summed E-state index contributed by atoms with van der Waals surface area (Å²) in [5.74, 6) is 0.849. The molecule has 1 aliphatic carbocycles. The predicted molar refractivity (Wildman–Crippen MR) is 53.5 cm³/mol. The molecule has 74 valence electrons. The predicted octanol–water partition coefficient (Wildman–Crippen LogP) is 1.70. The van der Waals surface area contributed by atoms with Crippen molar-refractivity contribution in [2.45, 2.75) is 44.6 Å². The highest BCUT2D eigenvalue weighted by atomic mass is 35.5. The van der Waals surface area contributed by atoms with Crippen molar-refractivity contribution < 1.29 is 5.11 Å². The maximum atomic E-state index is 8.62. The molecule has 0 saturated heterocycles. The lowest BCUT2D eigenvalue weighted by Gasteiger charge is -2.25. The highest BCUT2D eigenvalue weighted by Crippen LogP contribution is 2.26. The highest BCUT2D eigenvalue weighted by molar-refractivity contribution is 5.85. The zero-order valence-electron chi connectivity index (χ0n) is 7.54. The second kappa shape index (κ2) is 6.70. The van der Waals surface area contributed by atoms with Crippen LogP contribution < -0.4 is 5.73 Å². The molecular formula is C9H20ClNO. The molecule has 0 aromatic rings. The molecule has 0 bridgehead atoms. The summed E-state index contributed by atoms with van der Waals surface area (Å²) in [6.45, 7) is 0.350. The standard InChI is InChI=1S/C9H19NO.ClH/c10-9-5-3-8(4-6-9)2-1-7-11;/h8-9,11H,1-7,10H2;1H/t8-,9-;. The first kappa shape index (κ1) is 12.2. The molecule has 3 heteroatoms. The summed E-state index contributed by atoms with van der Waals surface area (Å²) in [4.78, 5) is 0. The maximum Gasteiger partial charge on any atom is 0.0431 e. The largest absolute Gasteiger partial charge is 0.396 e. The van der Waals surface area contributed by atoms with Crippen molar-refractivity contribution in [3.8, 4) is 0 Å². The minimum absolute atomic E-state index is 0. The third-order valence-corrected chi connectivity index (χ3v) is 2.66. The Morgan fingerprint density at radius 1 is 1.17 bits per heavy atom. The van der Waals surface area contributed by atoms with E-state index in [1.807, 2.05) is 0 Å². The normalized spacial score (nSPS) is 29.5. The summed E-state index contributed by atoms with van der Waals surface area (Å²) in [5, 5.41) is 8.62. The lowest BCUT2D eigenvalue weighted by atomic mass is 9.84. The van der Waals surface area contributed by atoms with Gasteiger partial charge in [-0.05, 0) is 44.4 Å². The van der Waals surface area contributed by atoms with Gasteiger partial charge in [0.2, 0.25) is 0 Å². The molecule has 0 spiro atoms. The molecular weight excluding hydrogens is 174 g/mol. The first-order valence-electron chi connectivity index (χ1n) is 4.69. The number of aliphatic hydroxyl groups excluding tert-OH is 1. The Morgan fingerprint density at radius 3 is 2.25 bits per heavy atom. The highest BCUT2D eigenvalue weighted by Gasteiger charge is 2.17. The van der Waals surface area contributed by atoms with Crippen molar-refractivity contribution in [3.05, 3.63) is 0 Å². The van der Waals surface area contributed by atoms with Crippen LogP contribution in [0.1, 0.15) is 38.5 Å². The van der Waals surface area contributed by atoms with Crippen LogP contribution in [0.3, 0.4) is 0 Å². The second-order valence-electron chi connectivity index (χ2n) is 3.65. The zero-order chi connectivity index (χ0) is 8.10. The molecule has 1 aliphatic rings. The first-order chi connectivity index (χ1) is 5.33. The van der Waals surface area contributed by atoms with E-state index in [0.29, 0.717) is 12.6 Å². The fourth-order valence-electron chi connectivity index (χ4n) is 1.86. The summed E-state index contributed by atoms with van der Waals surface area (Å²) in [6.07, 6.45) is 7.11. The van der Waals surface area contributed by atoms with Crippen LogP contribution in [0, 0.1) is 5.92 Å². The van der Waals surface area contributed by atoms with Crippen LogP contribution in [-0.4, -0.2) is 17.8 Å². The molecule has 0 heterocycles. The van der Waals surface area contributed by atoms with Crippen LogP contribution in [0.15, 0.2) is 0 Å². The Hall–Kier alpha value is 0.210. The topological polar surface area (TPSA) is 46.2 Å². The van der Waals surface area contributed by atoms with Gasteiger partial charge < -0.3 is 10.8 Å². The summed E-state index contributed by atoms with van der Waals surface area (Å²) in [5.41, 5.74) is 5.78. The molecule has 0 amide bonds. The Balaban J connectivity index is 0.00000121.